The van der Waals surface area contributed by atoms with Gasteiger partial charge < -0.3 is 25.4 Å². The molecular weight excluding hydrogens is 497 g/mol. The van der Waals surface area contributed by atoms with Gasteiger partial charge in [-0.15, -0.1) is 24.0 Å². The molecule has 1 fully saturated rings. The Balaban J connectivity index is 0.00000841. The minimum atomic E-state index is -0.513. The van der Waals surface area contributed by atoms with Gasteiger partial charge in [0.05, 0.1) is 25.8 Å². The number of rotatable bonds is 8. The van der Waals surface area contributed by atoms with Crippen LogP contribution < -0.4 is 16.0 Å². The van der Waals surface area contributed by atoms with Gasteiger partial charge in [0.15, 0.2) is 5.96 Å². The SMILES string of the molecule is CCNC(=NCC(C)(C)N1CCOCC1)NCC(NC(=O)OC(C)(C)C)C(C)C.I. The molecule has 1 rings (SSSR count). The second kappa shape index (κ2) is 13.6. The number of alkyl carbamates (subject to hydrolysis) is 1. The number of hydrogen-bond acceptors (Lipinski definition) is 5. The number of guanidine groups is 1. The number of morpholine rings is 1. The van der Waals surface area contributed by atoms with E-state index in [0.717, 1.165) is 38.8 Å². The highest BCUT2D eigenvalue weighted by Crippen LogP contribution is 2.16. The highest BCUT2D eigenvalue weighted by molar-refractivity contribution is 14.0. The Hall–Kier alpha value is -0.810. The van der Waals surface area contributed by atoms with Gasteiger partial charge in [0.25, 0.3) is 0 Å². The molecule has 0 aliphatic carbocycles. The fraction of sp³-hybridized carbons (Fsp3) is 0.905. The first-order chi connectivity index (χ1) is 13.4. The average molecular weight is 542 g/mol. The summed E-state index contributed by atoms with van der Waals surface area (Å²) in [4.78, 5) is 19.4. The molecule has 1 aliphatic rings. The van der Waals surface area contributed by atoms with Crippen LogP contribution in [0.5, 0.6) is 0 Å². The molecule has 9 heteroatoms. The molecule has 0 bridgehead atoms. The molecule has 0 aromatic carbocycles. The fourth-order valence-electron chi connectivity index (χ4n) is 3.00. The van der Waals surface area contributed by atoms with Crippen LogP contribution in [0, 0.1) is 5.92 Å². The Morgan fingerprint density at radius 3 is 2.23 bits per heavy atom. The Morgan fingerprint density at radius 1 is 1.13 bits per heavy atom. The van der Waals surface area contributed by atoms with Crippen LogP contribution in [0.15, 0.2) is 4.99 Å². The maximum Gasteiger partial charge on any atom is 0.407 e. The summed E-state index contributed by atoms with van der Waals surface area (Å²) in [5.41, 5.74) is -0.557. The third-order valence-corrected chi connectivity index (χ3v) is 4.83. The molecule has 1 heterocycles. The number of amides is 1. The van der Waals surface area contributed by atoms with Crippen molar-refractivity contribution in [1.29, 1.82) is 0 Å². The van der Waals surface area contributed by atoms with Crippen molar-refractivity contribution in [3.05, 3.63) is 0 Å². The third-order valence-electron chi connectivity index (χ3n) is 4.83. The van der Waals surface area contributed by atoms with E-state index in [2.05, 4.69) is 48.5 Å². The molecule has 178 valence electrons. The fourth-order valence-corrected chi connectivity index (χ4v) is 3.00. The van der Waals surface area contributed by atoms with Crippen molar-refractivity contribution in [3.63, 3.8) is 0 Å². The summed E-state index contributed by atoms with van der Waals surface area (Å²) in [5, 5.41) is 9.63. The van der Waals surface area contributed by atoms with Gasteiger partial charge in [-0.05, 0) is 47.5 Å². The van der Waals surface area contributed by atoms with Crippen molar-refractivity contribution in [2.45, 2.75) is 72.6 Å². The van der Waals surface area contributed by atoms with Crippen molar-refractivity contribution in [2.75, 3.05) is 45.9 Å². The Morgan fingerprint density at radius 2 is 1.73 bits per heavy atom. The zero-order valence-electron chi connectivity index (χ0n) is 20.1. The highest BCUT2D eigenvalue weighted by atomic mass is 127. The molecule has 0 aromatic rings. The maximum atomic E-state index is 12.2. The summed E-state index contributed by atoms with van der Waals surface area (Å²) in [6, 6.07) is -0.0686. The van der Waals surface area contributed by atoms with E-state index < -0.39 is 11.7 Å². The van der Waals surface area contributed by atoms with Gasteiger partial charge in [-0.3, -0.25) is 9.89 Å². The van der Waals surface area contributed by atoms with Crippen LogP contribution in [-0.4, -0.2) is 80.1 Å². The molecule has 1 unspecified atom stereocenters. The molecule has 3 N–H and O–H groups in total. The number of carbonyl (C=O) groups is 1. The third kappa shape index (κ3) is 11.5. The molecular formula is C21H44IN5O3. The van der Waals surface area contributed by atoms with Gasteiger partial charge in [-0.25, -0.2) is 4.79 Å². The standard InChI is InChI=1S/C21H43N5O3.HI/c1-9-22-18(24-15-21(7,8)26-10-12-28-13-11-26)23-14-17(16(2)3)25-19(27)29-20(4,5)6;/h16-17H,9-15H2,1-8H3,(H,25,27)(H2,22,23,24);1H. The van der Waals surface area contributed by atoms with Crippen LogP contribution in [0.3, 0.4) is 0 Å². The van der Waals surface area contributed by atoms with Crippen molar-refractivity contribution in [2.24, 2.45) is 10.9 Å². The molecule has 1 atom stereocenters. The topological polar surface area (TPSA) is 87.2 Å². The zero-order chi connectivity index (χ0) is 22.1. The molecule has 0 saturated carbocycles. The summed E-state index contributed by atoms with van der Waals surface area (Å²) in [7, 11) is 0. The second-order valence-electron chi connectivity index (χ2n) is 9.48. The van der Waals surface area contributed by atoms with Crippen LogP contribution in [-0.2, 0) is 9.47 Å². The van der Waals surface area contributed by atoms with Crippen LogP contribution in [0.2, 0.25) is 0 Å². The molecule has 1 aliphatic heterocycles. The molecule has 0 spiro atoms. The number of halogens is 1. The lowest BCUT2D eigenvalue weighted by Gasteiger charge is -2.40. The van der Waals surface area contributed by atoms with Gasteiger partial charge in [-0.1, -0.05) is 13.8 Å². The highest BCUT2D eigenvalue weighted by Gasteiger charge is 2.28. The average Bonchev–Trinajstić information content (AvgIpc) is 2.62. The first-order valence-electron chi connectivity index (χ1n) is 10.8. The molecule has 0 radical (unpaired) electrons. The van der Waals surface area contributed by atoms with E-state index in [1.54, 1.807) is 0 Å². The minimum absolute atomic E-state index is 0. The largest absolute Gasteiger partial charge is 0.444 e. The van der Waals surface area contributed by atoms with Gasteiger partial charge in [0.2, 0.25) is 0 Å². The van der Waals surface area contributed by atoms with Crippen molar-refractivity contribution >= 4 is 36.0 Å². The lowest BCUT2D eigenvalue weighted by atomic mass is 10.0. The number of hydrogen-bond donors (Lipinski definition) is 3. The number of nitrogens with zero attached hydrogens (tertiary/aromatic N) is 2. The molecule has 1 saturated heterocycles. The molecule has 0 aromatic heterocycles. The lowest BCUT2D eigenvalue weighted by molar-refractivity contribution is -0.00684. The van der Waals surface area contributed by atoms with E-state index in [1.165, 1.54) is 0 Å². The minimum Gasteiger partial charge on any atom is -0.444 e. The Labute approximate surface area is 200 Å². The number of carbonyl (C=O) groups excluding carboxylic acids is 1. The zero-order valence-corrected chi connectivity index (χ0v) is 22.5. The van der Waals surface area contributed by atoms with Crippen LogP contribution >= 0.6 is 24.0 Å². The van der Waals surface area contributed by atoms with E-state index >= 15 is 0 Å². The summed E-state index contributed by atoms with van der Waals surface area (Å²) in [6.07, 6.45) is -0.395. The van der Waals surface area contributed by atoms with E-state index in [9.17, 15) is 4.79 Å². The molecule has 8 nitrogen and oxygen atoms in total. The van der Waals surface area contributed by atoms with Gasteiger partial charge >= 0.3 is 6.09 Å². The predicted molar refractivity (Wildman–Crippen MR) is 134 cm³/mol. The Bertz CT molecular complexity index is 529. The molecule has 30 heavy (non-hydrogen) atoms. The maximum absolute atomic E-state index is 12.2. The summed E-state index contributed by atoms with van der Waals surface area (Å²) >= 11 is 0. The summed E-state index contributed by atoms with van der Waals surface area (Å²) in [6.45, 7) is 21.7. The van der Waals surface area contributed by atoms with Crippen LogP contribution in [0.1, 0.15) is 55.4 Å². The van der Waals surface area contributed by atoms with Gasteiger partial charge in [0.1, 0.15) is 5.60 Å². The van der Waals surface area contributed by atoms with Crippen molar-refractivity contribution in [3.8, 4) is 0 Å². The first kappa shape index (κ1) is 29.2. The first-order valence-corrected chi connectivity index (χ1v) is 10.8. The van der Waals surface area contributed by atoms with Crippen molar-refractivity contribution < 1.29 is 14.3 Å². The van der Waals surface area contributed by atoms with Gasteiger partial charge in [0, 0.05) is 31.7 Å². The normalized spacial score (nSPS) is 17.2. The van der Waals surface area contributed by atoms with E-state index in [1.807, 2.05) is 27.7 Å². The summed E-state index contributed by atoms with van der Waals surface area (Å²) in [5.74, 6) is 1.01. The molecule has 1 amide bonds. The second-order valence-corrected chi connectivity index (χ2v) is 9.48. The Kier molecular flexibility index (Phi) is 13.2. The van der Waals surface area contributed by atoms with Crippen LogP contribution in [0.4, 0.5) is 4.79 Å². The quantitative estimate of drug-likeness (QED) is 0.249. The predicted octanol–water partition coefficient (Wildman–Crippen LogP) is 2.82. The lowest BCUT2D eigenvalue weighted by Crippen LogP contribution is -2.53. The van der Waals surface area contributed by atoms with Crippen LogP contribution in [0.25, 0.3) is 0 Å². The van der Waals surface area contributed by atoms with E-state index in [4.69, 9.17) is 14.5 Å². The smallest absolute Gasteiger partial charge is 0.407 e. The number of ether oxygens (including phenoxy) is 2. The van der Waals surface area contributed by atoms with Crippen molar-refractivity contribution in [1.82, 2.24) is 20.9 Å². The van der Waals surface area contributed by atoms with E-state index in [0.29, 0.717) is 13.1 Å². The summed E-state index contributed by atoms with van der Waals surface area (Å²) < 4.78 is 10.9. The monoisotopic (exact) mass is 541 g/mol. The number of nitrogens with one attached hydrogen (secondary N) is 3. The van der Waals surface area contributed by atoms with Gasteiger partial charge in [-0.2, -0.15) is 0 Å². The van der Waals surface area contributed by atoms with E-state index in [-0.39, 0.29) is 41.5 Å². The number of aliphatic imine (C=N–C) groups is 1.